The standard InChI is InChI=1S/C19H20BNO4S/c1-18(2)19(3,4)25-20(24-18)12-8-7-10-14-16(12)26-15-11-6-5-9-13(15)21(14)17(22)23/h5-11H,1-4H3,(H,22,23). The largest absolute Gasteiger partial charge is 0.496 e. The first-order chi connectivity index (χ1) is 12.2. The SMILES string of the molecule is CC1(C)OB(c2cccc3c2Sc2ccccc2N3C(=O)O)OC1(C)C. The van der Waals surface area contributed by atoms with Crippen molar-refractivity contribution in [2.24, 2.45) is 0 Å². The summed E-state index contributed by atoms with van der Waals surface area (Å²) in [4.78, 5) is 15.1. The summed E-state index contributed by atoms with van der Waals surface area (Å²) >= 11 is 1.55. The quantitative estimate of drug-likeness (QED) is 0.761. The predicted molar refractivity (Wildman–Crippen MR) is 103 cm³/mol. The molecule has 26 heavy (non-hydrogen) atoms. The monoisotopic (exact) mass is 369 g/mol. The maximum Gasteiger partial charge on any atom is 0.496 e. The molecule has 0 saturated carbocycles. The van der Waals surface area contributed by atoms with Gasteiger partial charge in [-0.3, -0.25) is 0 Å². The second-order valence-corrected chi connectivity index (χ2v) is 8.52. The third-order valence-electron chi connectivity index (χ3n) is 5.28. The molecule has 0 atom stereocenters. The van der Waals surface area contributed by atoms with Crippen LogP contribution in [0.1, 0.15) is 27.7 Å². The Morgan fingerprint density at radius 1 is 1.00 bits per heavy atom. The molecule has 0 bridgehead atoms. The van der Waals surface area contributed by atoms with Crippen molar-refractivity contribution in [2.45, 2.75) is 48.7 Å². The van der Waals surface area contributed by atoms with Gasteiger partial charge in [0, 0.05) is 9.79 Å². The summed E-state index contributed by atoms with van der Waals surface area (Å²) in [6.07, 6.45) is -1.01. The number of hydrogen-bond donors (Lipinski definition) is 1. The smallest absolute Gasteiger partial charge is 0.464 e. The molecule has 1 N–H and O–H groups in total. The first kappa shape index (κ1) is 17.5. The van der Waals surface area contributed by atoms with Crippen molar-refractivity contribution in [1.82, 2.24) is 0 Å². The Labute approximate surface area is 157 Å². The van der Waals surface area contributed by atoms with Crippen LogP contribution in [0.3, 0.4) is 0 Å². The van der Waals surface area contributed by atoms with Crippen LogP contribution < -0.4 is 10.4 Å². The molecule has 2 aromatic rings. The molecule has 7 heteroatoms. The molecule has 2 aromatic carbocycles. The van der Waals surface area contributed by atoms with E-state index in [0.29, 0.717) is 11.4 Å². The van der Waals surface area contributed by atoms with Crippen LogP contribution in [0.5, 0.6) is 0 Å². The Morgan fingerprint density at radius 2 is 1.62 bits per heavy atom. The molecule has 134 valence electrons. The predicted octanol–water partition coefficient (Wildman–Crippen LogP) is 4.27. The number of hydrogen-bond acceptors (Lipinski definition) is 4. The minimum absolute atomic E-state index is 0.454. The van der Waals surface area contributed by atoms with Crippen LogP contribution in [0, 0.1) is 0 Å². The van der Waals surface area contributed by atoms with Gasteiger partial charge >= 0.3 is 13.2 Å². The zero-order valence-corrected chi connectivity index (χ0v) is 16.0. The van der Waals surface area contributed by atoms with Crippen LogP contribution in [0.4, 0.5) is 16.2 Å². The minimum Gasteiger partial charge on any atom is -0.464 e. The molecular formula is C19H20BNO4S. The molecule has 2 aliphatic rings. The van der Waals surface area contributed by atoms with E-state index in [1.54, 1.807) is 11.8 Å². The molecule has 1 fully saturated rings. The van der Waals surface area contributed by atoms with Crippen LogP contribution in [-0.2, 0) is 9.31 Å². The molecule has 0 spiro atoms. The highest BCUT2D eigenvalue weighted by Gasteiger charge is 2.52. The van der Waals surface area contributed by atoms with Gasteiger partial charge in [-0.25, -0.2) is 9.69 Å². The second kappa shape index (κ2) is 5.77. The van der Waals surface area contributed by atoms with Crippen LogP contribution in [0.15, 0.2) is 52.3 Å². The molecule has 0 aromatic heterocycles. The number of fused-ring (bicyclic) bond motifs is 2. The summed E-state index contributed by atoms with van der Waals surface area (Å²) in [7, 11) is -0.539. The van der Waals surface area contributed by atoms with E-state index in [0.717, 1.165) is 15.3 Å². The fourth-order valence-corrected chi connectivity index (χ4v) is 4.34. The van der Waals surface area contributed by atoms with Crippen molar-refractivity contribution in [1.29, 1.82) is 0 Å². The molecule has 0 unspecified atom stereocenters. The number of benzene rings is 2. The Morgan fingerprint density at radius 3 is 2.27 bits per heavy atom. The van der Waals surface area contributed by atoms with Gasteiger partial charge in [0.1, 0.15) is 0 Å². The van der Waals surface area contributed by atoms with Crippen molar-refractivity contribution >= 4 is 41.8 Å². The minimum atomic E-state index is -1.01. The van der Waals surface area contributed by atoms with Crippen LogP contribution in [0.2, 0.25) is 0 Å². The molecule has 4 rings (SSSR count). The number of carboxylic acid groups (broad SMARTS) is 1. The van der Waals surface area contributed by atoms with Gasteiger partial charge in [-0.05, 0) is 51.4 Å². The zero-order chi connectivity index (χ0) is 18.7. The van der Waals surface area contributed by atoms with E-state index in [9.17, 15) is 9.90 Å². The zero-order valence-electron chi connectivity index (χ0n) is 15.1. The Balaban J connectivity index is 1.83. The third-order valence-corrected chi connectivity index (χ3v) is 6.50. The van der Waals surface area contributed by atoms with Gasteiger partial charge in [0.15, 0.2) is 0 Å². The Hall–Kier alpha value is -1.96. The van der Waals surface area contributed by atoms with Gasteiger partial charge in [-0.2, -0.15) is 0 Å². The summed E-state index contributed by atoms with van der Waals surface area (Å²) < 4.78 is 12.4. The summed E-state index contributed by atoms with van der Waals surface area (Å²) in [5.41, 5.74) is 1.25. The topological polar surface area (TPSA) is 59.0 Å². The van der Waals surface area contributed by atoms with Crippen molar-refractivity contribution in [3.63, 3.8) is 0 Å². The highest BCUT2D eigenvalue weighted by molar-refractivity contribution is 8.00. The van der Waals surface area contributed by atoms with E-state index in [-0.39, 0.29) is 0 Å². The first-order valence-electron chi connectivity index (χ1n) is 8.50. The first-order valence-corrected chi connectivity index (χ1v) is 9.31. The highest BCUT2D eigenvalue weighted by Crippen LogP contribution is 2.48. The molecule has 0 aliphatic carbocycles. The highest BCUT2D eigenvalue weighted by atomic mass is 32.2. The molecule has 5 nitrogen and oxygen atoms in total. The van der Waals surface area contributed by atoms with Crippen molar-refractivity contribution in [3.05, 3.63) is 42.5 Å². The molecule has 2 aliphatic heterocycles. The molecular weight excluding hydrogens is 349 g/mol. The van der Waals surface area contributed by atoms with E-state index >= 15 is 0 Å². The van der Waals surface area contributed by atoms with Crippen molar-refractivity contribution < 1.29 is 19.2 Å². The van der Waals surface area contributed by atoms with E-state index in [2.05, 4.69) is 0 Å². The van der Waals surface area contributed by atoms with E-state index < -0.39 is 24.4 Å². The van der Waals surface area contributed by atoms with Gasteiger partial charge in [0.25, 0.3) is 0 Å². The maximum atomic E-state index is 12.0. The lowest BCUT2D eigenvalue weighted by molar-refractivity contribution is 0.00578. The van der Waals surface area contributed by atoms with Crippen LogP contribution in [0.25, 0.3) is 0 Å². The van der Waals surface area contributed by atoms with Crippen molar-refractivity contribution in [2.75, 3.05) is 4.90 Å². The molecule has 0 radical (unpaired) electrons. The summed E-state index contributed by atoms with van der Waals surface area (Å²) in [6.45, 7) is 8.03. The lowest BCUT2D eigenvalue weighted by Gasteiger charge is -2.32. The van der Waals surface area contributed by atoms with Gasteiger partial charge in [0.05, 0.1) is 22.6 Å². The number of amides is 1. The summed E-state index contributed by atoms with van der Waals surface area (Å²) in [5, 5.41) is 9.81. The Kier molecular flexibility index (Phi) is 3.88. The van der Waals surface area contributed by atoms with E-state index in [4.69, 9.17) is 9.31 Å². The van der Waals surface area contributed by atoms with E-state index in [1.807, 2.05) is 70.2 Å². The summed E-state index contributed by atoms with van der Waals surface area (Å²) in [5.74, 6) is 0. The van der Waals surface area contributed by atoms with E-state index in [1.165, 1.54) is 4.90 Å². The fourth-order valence-electron chi connectivity index (χ4n) is 3.16. The second-order valence-electron chi connectivity index (χ2n) is 7.47. The number of nitrogens with zero attached hydrogens (tertiary/aromatic N) is 1. The van der Waals surface area contributed by atoms with Crippen LogP contribution in [-0.4, -0.2) is 29.5 Å². The number of anilines is 2. The molecule has 1 saturated heterocycles. The maximum absolute atomic E-state index is 12.0. The van der Waals surface area contributed by atoms with Crippen molar-refractivity contribution in [3.8, 4) is 0 Å². The number of rotatable bonds is 1. The average molecular weight is 369 g/mol. The van der Waals surface area contributed by atoms with Gasteiger partial charge < -0.3 is 14.4 Å². The van der Waals surface area contributed by atoms with Gasteiger partial charge in [-0.15, -0.1) is 0 Å². The average Bonchev–Trinajstić information content (AvgIpc) is 2.79. The molecule has 1 amide bonds. The van der Waals surface area contributed by atoms with Gasteiger partial charge in [-0.1, -0.05) is 36.0 Å². The normalized spacial score (nSPS) is 19.8. The fraction of sp³-hybridized carbons (Fsp3) is 0.316. The van der Waals surface area contributed by atoms with Gasteiger partial charge in [0.2, 0.25) is 0 Å². The lowest BCUT2D eigenvalue weighted by Crippen LogP contribution is -2.41. The number of para-hydroxylation sites is 1. The van der Waals surface area contributed by atoms with Crippen LogP contribution >= 0.6 is 11.8 Å². The lowest BCUT2D eigenvalue weighted by atomic mass is 9.78. The Bertz CT molecular complexity index is 883. The summed E-state index contributed by atoms with van der Waals surface area (Å²) in [6, 6.07) is 13.1. The molecule has 2 heterocycles. The number of carbonyl (C=O) groups is 1. The third kappa shape index (κ3) is 2.54.